The van der Waals surface area contributed by atoms with Crippen molar-refractivity contribution in [2.75, 3.05) is 6.54 Å². The number of aliphatic carboxylic acids is 1. The third-order valence-electron chi connectivity index (χ3n) is 2.97. The highest BCUT2D eigenvalue weighted by molar-refractivity contribution is 5.92. The van der Waals surface area contributed by atoms with Gasteiger partial charge < -0.3 is 10.4 Å². The molecular formula is C13H19N3O3. The molecule has 1 aromatic rings. The maximum Gasteiger partial charge on any atom is 0.308 e. The van der Waals surface area contributed by atoms with Gasteiger partial charge in [0.2, 0.25) is 5.91 Å². The van der Waals surface area contributed by atoms with Crippen LogP contribution in [0.5, 0.6) is 0 Å². The Labute approximate surface area is 112 Å². The lowest BCUT2D eigenvalue weighted by Gasteiger charge is -2.05. The molecule has 1 atom stereocenters. The standard InChI is InChI=1S/C13H19N3O3/c1-8(13(18)19)7-14-12(17)6-5-11-9(2)15-16(4)10(11)3/h5-6,8H,7H2,1-4H3,(H,14,17)(H,18,19). The number of carboxylic acids is 1. The third-order valence-corrected chi connectivity index (χ3v) is 2.97. The van der Waals surface area contributed by atoms with Crippen molar-refractivity contribution < 1.29 is 14.7 Å². The molecule has 0 aliphatic heterocycles. The lowest BCUT2D eigenvalue weighted by molar-refractivity contribution is -0.141. The van der Waals surface area contributed by atoms with Gasteiger partial charge in [-0.25, -0.2) is 0 Å². The molecule has 6 nitrogen and oxygen atoms in total. The summed E-state index contributed by atoms with van der Waals surface area (Å²) < 4.78 is 1.75. The third kappa shape index (κ3) is 3.94. The first-order chi connectivity index (χ1) is 8.82. The van der Waals surface area contributed by atoms with Gasteiger partial charge in [-0.15, -0.1) is 0 Å². The van der Waals surface area contributed by atoms with Crippen molar-refractivity contribution in [1.82, 2.24) is 15.1 Å². The van der Waals surface area contributed by atoms with Crippen LogP contribution in [0.25, 0.3) is 6.08 Å². The fourth-order valence-corrected chi connectivity index (χ4v) is 1.59. The fraction of sp³-hybridized carbons (Fsp3) is 0.462. The lowest BCUT2D eigenvalue weighted by atomic mass is 10.1. The summed E-state index contributed by atoms with van der Waals surface area (Å²) in [6.07, 6.45) is 3.09. The highest BCUT2D eigenvalue weighted by Crippen LogP contribution is 2.13. The Balaban J connectivity index is 2.62. The zero-order valence-corrected chi connectivity index (χ0v) is 11.6. The molecule has 6 heteroatoms. The van der Waals surface area contributed by atoms with E-state index < -0.39 is 11.9 Å². The van der Waals surface area contributed by atoms with Crippen LogP contribution in [0, 0.1) is 19.8 Å². The summed E-state index contributed by atoms with van der Waals surface area (Å²) in [5.74, 6) is -1.84. The molecule has 0 fully saturated rings. The molecule has 104 valence electrons. The molecule has 0 radical (unpaired) electrons. The first-order valence-corrected chi connectivity index (χ1v) is 6.01. The number of nitrogens with zero attached hydrogens (tertiary/aromatic N) is 2. The van der Waals surface area contributed by atoms with Crippen molar-refractivity contribution in [3.8, 4) is 0 Å². The molecule has 1 unspecified atom stereocenters. The van der Waals surface area contributed by atoms with Gasteiger partial charge in [-0.1, -0.05) is 6.92 Å². The van der Waals surface area contributed by atoms with Crippen LogP contribution in [0.1, 0.15) is 23.9 Å². The molecule has 1 heterocycles. The van der Waals surface area contributed by atoms with Crippen LogP contribution in [-0.2, 0) is 16.6 Å². The van der Waals surface area contributed by atoms with Crippen LogP contribution in [-0.4, -0.2) is 33.3 Å². The highest BCUT2D eigenvalue weighted by Gasteiger charge is 2.11. The quantitative estimate of drug-likeness (QED) is 0.774. The van der Waals surface area contributed by atoms with Crippen LogP contribution in [0.4, 0.5) is 0 Å². The first-order valence-electron chi connectivity index (χ1n) is 6.01. The Kier molecular flexibility index (Phi) is 4.86. The summed E-state index contributed by atoms with van der Waals surface area (Å²) in [6, 6.07) is 0. The summed E-state index contributed by atoms with van der Waals surface area (Å²) in [7, 11) is 1.84. The number of carbonyl (C=O) groups is 2. The van der Waals surface area contributed by atoms with E-state index in [9.17, 15) is 9.59 Å². The van der Waals surface area contributed by atoms with E-state index in [1.54, 1.807) is 17.7 Å². The van der Waals surface area contributed by atoms with Crippen molar-refractivity contribution in [3.63, 3.8) is 0 Å². The molecule has 0 saturated carbocycles. The molecular weight excluding hydrogens is 246 g/mol. The van der Waals surface area contributed by atoms with Gasteiger partial charge in [0.05, 0.1) is 11.6 Å². The van der Waals surface area contributed by atoms with E-state index in [2.05, 4.69) is 10.4 Å². The fourth-order valence-electron chi connectivity index (χ4n) is 1.59. The number of aryl methyl sites for hydroxylation is 2. The van der Waals surface area contributed by atoms with Crippen LogP contribution in [0.3, 0.4) is 0 Å². The average Bonchev–Trinajstić information content (AvgIpc) is 2.58. The average molecular weight is 265 g/mol. The molecule has 1 aromatic heterocycles. The Morgan fingerprint density at radius 2 is 2.11 bits per heavy atom. The van der Waals surface area contributed by atoms with Crippen LogP contribution in [0.2, 0.25) is 0 Å². The number of amides is 1. The minimum atomic E-state index is -0.928. The summed E-state index contributed by atoms with van der Waals surface area (Å²) in [5.41, 5.74) is 2.73. The van der Waals surface area contributed by atoms with Gasteiger partial charge in [0.25, 0.3) is 0 Å². The topological polar surface area (TPSA) is 84.2 Å². The molecule has 1 amide bonds. The molecule has 19 heavy (non-hydrogen) atoms. The maximum atomic E-state index is 11.6. The van der Waals surface area contributed by atoms with E-state index in [0.29, 0.717) is 0 Å². The highest BCUT2D eigenvalue weighted by atomic mass is 16.4. The van der Waals surface area contributed by atoms with E-state index >= 15 is 0 Å². The van der Waals surface area contributed by atoms with Crippen molar-refractivity contribution >= 4 is 18.0 Å². The molecule has 0 aliphatic rings. The zero-order valence-electron chi connectivity index (χ0n) is 11.6. The largest absolute Gasteiger partial charge is 0.481 e. The summed E-state index contributed by atoms with van der Waals surface area (Å²) in [4.78, 5) is 22.2. The van der Waals surface area contributed by atoms with Crippen molar-refractivity contribution in [2.45, 2.75) is 20.8 Å². The van der Waals surface area contributed by atoms with Gasteiger partial charge in [0.15, 0.2) is 0 Å². The molecule has 2 N–H and O–H groups in total. The second kappa shape index (κ2) is 6.17. The minimum Gasteiger partial charge on any atom is -0.481 e. The van der Waals surface area contributed by atoms with Crippen LogP contribution in [0.15, 0.2) is 6.08 Å². The molecule has 0 aromatic carbocycles. The van der Waals surface area contributed by atoms with Crippen molar-refractivity contribution in [1.29, 1.82) is 0 Å². The molecule has 1 rings (SSSR count). The summed E-state index contributed by atoms with van der Waals surface area (Å²) in [5, 5.41) is 15.5. The number of aromatic nitrogens is 2. The smallest absolute Gasteiger partial charge is 0.308 e. The number of hydrogen-bond donors (Lipinski definition) is 2. The second-order valence-electron chi connectivity index (χ2n) is 4.53. The van der Waals surface area contributed by atoms with Gasteiger partial charge in [-0.05, 0) is 19.9 Å². The number of nitrogens with one attached hydrogen (secondary N) is 1. The molecule has 0 saturated heterocycles. The summed E-state index contributed by atoms with van der Waals surface area (Å²) >= 11 is 0. The number of carbonyl (C=O) groups excluding carboxylic acids is 1. The Bertz CT molecular complexity index is 517. The summed E-state index contributed by atoms with van der Waals surface area (Å²) in [6.45, 7) is 5.45. The second-order valence-corrected chi connectivity index (χ2v) is 4.53. The van der Waals surface area contributed by atoms with Gasteiger partial charge in [0.1, 0.15) is 0 Å². The number of rotatable bonds is 5. The lowest BCUT2D eigenvalue weighted by Crippen LogP contribution is -2.30. The van der Waals surface area contributed by atoms with Gasteiger partial charge in [-0.3, -0.25) is 14.3 Å². The predicted octanol–water partition coefficient (Wildman–Crippen LogP) is 0.887. The van der Waals surface area contributed by atoms with E-state index in [0.717, 1.165) is 17.0 Å². The number of carboxylic acid groups (broad SMARTS) is 1. The van der Waals surface area contributed by atoms with E-state index in [1.807, 2.05) is 20.9 Å². The molecule has 0 spiro atoms. The van der Waals surface area contributed by atoms with Gasteiger partial charge in [-0.2, -0.15) is 5.10 Å². The first kappa shape index (κ1) is 14.9. The number of hydrogen-bond acceptors (Lipinski definition) is 3. The minimum absolute atomic E-state index is 0.115. The maximum absolute atomic E-state index is 11.6. The Morgan fingerprint density at radius 3 is 2.58 bits per heavy atom. The van der Waals surface area contributed by atoms with E-state index in [4.69, 9.17) is 5.11 Å². The van der Waals surface area contributed by atoms with Gasteiger partial charge >= 0.3 is 5.97 Å². The van der Waals surface area contributed by atoms with Gasteiger partial charge in [0, 0.05) is 30.9 Å². The van der Waals surface area contributed by atoms with Crippen molar-refractivity contribution in [2.24, 2.45) is 13.0 Å². The monoisotopic (exact) mass is 265 g/mol. The zero-order chi connectivity index (χ0) is 14.6. The Morgan fingerprint density at radius 1 is 1.47 bits per heavy atom. The normalized spacial score (nSPS) is 12.6. The SMILES string of the molecule is Cc1nn(C)c(C)c1C=CC(=O)NCC(C)C(=O)O. The van der Waals surface area contributed by atoms with Crippen molar-refractivity contribution in [3.05, 3.63) is 23.0 Å². The predicted molar refractivity (Wildman–Crippen MR) is 71.5 cm³/mol. The molecule has 0 aliphatic carbocycles. The van der Waals surface area contributed by atoms with E-state index in [-0.39, 0.29) is 12.5 Å². The van der Waals surface area contributed by atoms with Crippen LogP contribution < -0.4 is 5.32 Å². The Hall–Kier alpha value is -2.11. The van der Waals surface area contributed by atoms with Crippen LogP contribution >= 0.6 is 0 Å². The molecule has 0 bridgehead atoms. The van der Waals surface area contributed by atoms with E-state index in [1.165, 1.54) is 6.08 Å².